The minimum absolute atomic E-state index is 0.00744. The van der Waals surface area contributed by atoms with Crippen molar-refractivity contribution in [1.82, 2.24) is 0 Å². The number of benzene rings is 1. The maximum absolute atomic E-state index is 13.8. The summed E-state index contributed by atoms with van der Waals surface area (Å²) in [6.07, 6.45) is 1.70. The Labute approximate surface area is 84.6 Å². The molecule has 0 saturated carbocycles. The Morgan fingerprint density at radius 2 is 2.14 bits per heavy atom. The molecule has 1 N–H and O–H groups in total. The van der Waals surface area contributed by atoms with Gasteiger partial charge >= 0.3 is 0 Å². The molecular formula is C12H17FO. The van der Waals surface area contributed by atoms with Gasteiger partial charge in [0.25, 0.3) is 0 Å². The van der Waals surface area contributed by atoms with Gasteiger partial charge in [0.2, 0.25) is 0 Å². The summed E-state index contributed by atoms with van der Waals surface area (Å²) < 4.78 is 13.8. The van der Waals surface area contributed by atoms with E-state index in [0.717, 1.165) is 18.4 Å². The summed E-state index contributed by atoms with van der Waals surface area (Å²) in [4.78, 5) is 0. The third kappa shape index (κ3) is 2.32. The SMILES string of the molecule is CCCc1cccc(C(C)CO)c1F. The predicted molar refractivity (Wildman–Crippen MR) is 55.9 cm³/mol. The van der Waals surface area contributed by atoms with E-state index in [1.165, 1.54) is 0 Å². The summed E-state index contributed by atoms with van der Waals surface area (Å²) >= 11 is 0. The Bertz CT molecular complexity index is 296. The molecule has 0 fully saturated rings. The zero-order valence-electron chi connectivity index (χ0n) is 8.76. The van der Waals surface area contributed by atoms with Crippen LogP contribution in [0.4, 0.5) is 4.39 Å². The first kappa shape index (κ1) is 11.2. The van der Waals surface area contributed by atoms with E-state index in [0.29, 0.717) is 5.56 Å². The van der Waals surface area contributed by atoms with Gasteiger partial charge in [-0.1, -0.05) is 38.5 Å². The molecule has 0 spiro atoms. The van der Waals surface area contributed by atoms with Gasteiger partial charge in [0.05, 0.1) is 0 Å². The van der Waals surface area contributed by atoms with Gasteiger partial charge in [-0.2, -0.15) is 0 Å². The molecule has 0 aromatic heterocycles. The van der Waals surface area contributed by atoms with Crippen LogP contribution in [0.5, 0.6) is 0 Å². The topological polar surface area (TPSA) is 20.2 Å². The van der Waals surface area contributed by atoms with E-state index in [1.54, 1.807) is 6.07 Å². The fourth-order valence-corrected chi connectivity index (χ4v) is 1.54. The number of aliphatic hydroxyl groups excluding tert-OH is 1. The first-order valence-corrected chi connectivity index (χ1v) is 5.08. The third-order valence-corrected chi connectivity index (χ3v) is 2.43. The lowest BCUT2D eigenvalue weighted by Gasteiger charge is -2.12. The average Bonchev–Trinajstić information content (AvgIpc) is 2.20. The molecule has 1 rings (SSSR count). The molecule has 0 radical (unpaired) electrons. The summed E-state index contributed by atoms with van der Waals surface area (Å²) in [5.74, 6) is -0.261. The summed E-state index contributed by atoms with van der Waals surface area (Å²) in [5, 5.41) is 8.97. The fraction of sp³-hybridized carbons (Fsp3) is 0.500. The molecule has 1 unspecified atom stereocenters. The second-order valence-corrected chi connectivity index (χ2v) is 3.65. The van der Waals surface area contributed by atoms with Crippen LogP contribution in [0, 0.1) is 5.82 Å². The molecule has 0 aliphatic heterocycles. The van der Waals surface area contributed by atoms with Crippen LogP contribution in [0.1, 0.15) is 37.3 Å². The van der Waals surface area contributed by atoms with E-state index >= 15 is 0 Å². The van der Waals surface area contributed by atoms with Crippen LogP contribution >= 0.6 is 0 Å². The van der Waals surface area contributed by atoms with E-state index in [2.05, 4.69) is 0 Å². The van der Waals surface area contributed by atoms with Crippen molar-refractivity contribution < 1.29 is 9.50 Å². The minimum atomic E-state index is -0.143. The Kier molecular flexibility index (Phi) is 4.08. The van der Waals surface area contributed by atoms with Crippen molar-refractivity contribution in [3.8, 4) is 0 Å². The molecule has 78 valence electrons. The molecule has 2 heteroatoms. The second-order valence-electron chi connectivity index (χ2n) is 3.65. The molecule has 14 heavy (non-hydrogen) atoms. The van der Waals surface area contributed by atoms with Crippen LogP contribution in [0.15, 0.2) is 18.2 Å². The largest absolute Gasteiger partial charge is 0.396 e. The number of hydrogen-bond acceptors (Lipinski definition) is 1. The van der Waals surface area contributed by atoms with Gasteiger partial charge in [0.15, 0.2) is 0 Å². The predicted octanol–water partition coefficient (Wildman–Crippen LogP) is 2.87. The minimum Gasteiger partial charge on any atom is -0.396 e. The van der Waals surface area contributed by atoms with E-state index in [4.69, 9.17) is 5.11 Å². The molecule has 1 nitrogen and oxygen atoms in total. The van der Waals surface area contributed by atoms with Gasteiger partial charge < -0.3 is 5.11 Å². The molecule has 1 atom stereocenters. The molecule has 0 bridgehead atoms. The molecule has 0 aliphatic carbocycles. The Morgan fingerprint density at radius 3 is 2.71 bits per heavy atom. The molecule has 1 aromatic rings. The number of halogens is 1. The summed E-state index contributed by atoms with van der Waals surface area (Å²) in [6.45, 7) is 3.85. The highest BCUT2D eigenvalue weighted by molar-refractivity contribution is 5.28. The highest BCUT2D eigenvalue weighted by Gasteiger charge is 2.12. The van der Waals surface area contributed by atoms with Crippen molar-refractivity contribution >= 4 is 0 Å². The van der Waals surface area contributed by atoms with Crippen LogP contribution in [-0.4, -0.2) is 11.7 Å². The zero-order valence-corrected chi connectivity index (χ0v) is 8.76. The van der Waals surface area contributed by atoms with Gasteiger partial charge in [-0.25, -0.2) is 4.39 Å². The van der Waals surface area contributed by atoms with Gasteiger partial charge in [0, 0.05) is 12.5 Å². The number of aryl methyl sites for hydroxylation is 1. The Balaban J connectivity index is 3.00. The normalized spacial score (nSPS) is 12.9. The highest BCUT2D eigenvalue weighted by Crippen LogP contribution is 2.21. The van der Waals surface area contributed by atoms with E-state index in [-0.39, 0.29) is 18.3 Å². The lowest BCUT2D eigenvalue weighted by atomic mass is 9.97. The lowest BCUT2D eigenvalue weighted by Crippen LogP contribution is -2.04. The first-order valence-electron chi connectivity index (χ1n) is 5.08. The van der Waals surface area contributed by atoms with Crippen LogP contribution in [-0.2, 0) is 6.42 Å². The van der Waals surface area contributed by atoms with Gasteiger partial charge in [0.1, 0.15) is 5.82 Å². The van der Waals surface area contributed by atoms with Crippen molar-refractivity contribution in [3.63, 3.8) is 0 Å². The van der Waals surface area contributed by atoms with Crippen LogP contribution in [0.25, 0.3) is 0 Å². The number of hydrogen-bond donors (Lipinski definition) is 1. The van der Waals surface area contributed by atoms with Crippen molar-refractivity contribution in [2.45, 2.75) is 32.6 Å². The van der Waals surface area contributed by atoms with Gasteiger partial charge in [-0.05, 0) is 17.5 Å². The number of aliphatic hydroxyl groups is 1. The average molecular weight is 196 g/mol. The van der Waals surface area contributed by atoms with Crippen LogP contribution < -0.4 is 0 Å². The Morgan fingerprint density at radius 1 is 1.43 bits per heavy atom. The molecule has 1 aromatic carbocycles. The van der Waals surface area contributed by atoms with Crippen molar-refractivity contribution in [2.24, 2.45) is 0 Å². The van der Waals surface area contributed by atoms with E-state index in [9.17, 15) is 4.39 Å². The summed E-state index contributed by atoms with van der Waals surface area (Å²) in [6, 6.07) is 5.41. The summed E-state index contributed by atoms with van der Waals surface area (Å²) in [7, 11) is 0. The third-order valence-electron chi connectivity index (χ3n) is 2.43. The lowest BCUT2D eigenvalue weighted by molar-refractivity contribution is 0.270. The zero-order chi connectivity index (χ0) is 10.6. The number of rotatable bonds is 4. The quantitative estimate of drug-likeness (QED) is 0.785. The maximum atomic E-state index is 13.8. The van der Waals surface area contributed by atoms with Crippen molar-refractivity contribution in [3.05, 3.63) is 35.1 Å². The second kappa shape index (κ2) is 5.11. The molecular weight excluding hydrogens is 179 g/mol. The first-order chi connectivity index (χ1) is 6.70. The molecule has 0 amide bonds. The monoisotopic (exact) mass is 196 g/mol. The van der Waals surface area contributed by atoms with Crippen molar-refractivity contribution in [2.75, 3.05) is 6.61 Å². The molecule has 0 heterocycles. The Hall–Kier alpha value is -0.890. The fourth-order valence-electron chi connectivity index (χ4n) is 1.54. The van der Waals surface area contributed by atoms with Gasteiger partial charge in [-0.3, -0.25) is 0 Å². The molecule has 0 aliphatic rings. The molecule has 0 saturated heterocycles. The van der Waals surface area contributed by atoms with Crippen LogP contribution in [0.3, 0.4) is 0 Å². The van der Waals surface area contributed by atoms with Crippen molar-refractivity contribution in [1.29, 1.82) is 0 Å². The standard InChI is InChI=1S/C12H17FO/c1-3-5-10-6-4-7-11(12(10)13)9(2)8-14/h4,6-7,9,14H,3,5,8H2,1-2H3. The summed E-state index contributed by atoms with van der Waals surface area (Å²) in [5.41, 5.74) is 1.38. The van der Waals surface area contributed by atoms with E-state index in [1.807, 2.05) is 26.0 Å². The highest BCUT2D eigenvalue weighted by atomic mass is 19.1. The maximum Gasteiger partial charge on any atom is 0.129 e. The smallest absolute Gasteiger partial charge is 0.129 e. The van der Waals surface area contributed by atoms with Gasteiger partial charge in [-0.15, -0.1) is 0 Å². The van der Waals surface area contributed by atoms with E-state index < -0.39 is 0 Å². The van der Waals surface area contributed by atoms with Crippen LogP contribution in [0.2, 0.25) is 0 Å².